The number of benzene rings is 2. The maximum atomic E-state index is 13.5. The first-order valence-corrected chi connectivity index (χ1v) is 14.6. The molecule has 1 aliphatic carbocycles. The minimum atomic E-state index is -0.976. The van der Waals surface area contributed by atoms with E-state index in [1.165, 1.54) is 43.4 Å². The summed E-state index contributed by atoms with van der Waals surface area (Å²) < 4.78 is 6.02. The Kier molecular flexibility index (Phi) is 13.9. The van der Waals surface area contributed by atoms with Crippen molar-refractivity contribution >= 4 is 42.5 Å². The van der Waals surface area contributed by atoms with Crippen LogP contribution in [-0.2, 0) is 16.1 Å². The van der Waals surface area contributed by atoms with E-state index in [4.69, 9.17) is 4.74 Å². The van der Waals surface area contributed by atoms with E-state index in [1.54, 1.807) is 18.8 Å². The first-order chi connectivity index (χ1) is 17.4. The number of carbonyl (C=O) groups is 2. The van der Waals surface area contributed by atoms with Gasteiger partial charge in [-0.25, -0.2) is 4.79 Å². The summed E-state index contributed by atoms with van der Waals surface area (Å²) in [7, 11) is 1.59. The number of aliphatic carboxylic acids is 1. The van der Waals surface area contributed by atoms with Crippen molar-refractivity contribution in [2.45, 2.75) is 70.9 Å². The first-order valence-electron chi connectivity index (χ1n) is 13.2. The predicted octanol–water partition coefficient (Wildman–Crippen LogP) is 6.17. The van der Waals surface area contributed by atoms with Crippen LogP contribution in [0.4, 0.5) is 0 Å². The summed E-state index contributed by atoms with van der Waals surface area (Å²) in [5, 5.41) is 9.74. The van der Waals surface area contributed by atoms with Gasteiger partial charge in [-0.1, -0.05) is 62.4 Å². The molecular formula is C30H42LiNO4S. The third-order valence-corrected chi connectivity index (χ3v) is 7.96. The molecule has 0 radical (unpaired) electrons. The third kappa shape index (κ3) is 9.21. The topological polar surface area (TPSA) is 66.8 Å². The quantitative estimate of drug-likeness (QED) is 0.253. The summed E-state index contributed by atoms with van der Waals surface area (Å²) in [5.41, 5.74) is 4.40. The van der Waals surface area contributed by atoms with Crippen LogP contribution in [-0.4, -0.2) is 72.4 Å². The number of carboxylic acids is 1. The molecule has 5 nitrogen and oxygen atoms in total. The minimum absolute atomic E-state index is 0. The van der Waals surface area contributed by atoms with Gasteiger partial charge in [0.25, 0.3) is 5.91 Å². The predicted molar refractivity (Wildman–Crippen MR) is 156 cm³/mol. The van der Waals surface area contributed by atoms with Gasteiger partial charge in [0.15, 0.2) is 0 Å². The molecule has 1 N–H and O–H groups in total. The van der Waals surface area contributed by atoms with Crippen molar-refractivity contribution in [2.24, 2.45) is 5.92 Å². The molecule has 198 valence electrons. The molecule has 2 aromatic carbocycles. The van der Waals surface area contributed by atoms with Gasteiger partial charge in [-0.05, 0) is 78.5 Å². The normalized spacial score (nSPS) is 14.6. The maximum absolute atomic E-state index is 13.5. The fraction of sp³-hybridized carbons (Fsp3) is 0.533. The van der Waals surface area contributed by atoms with E-state index in [0.29, 0.717) is 24.3 Å². The van der Waals surface area contributed by atoms with E-state index in [-0.39, 0.29) is 24.8 Å². The van der Waals surface area contributed by atoms with Crippen LogP contribution in [0, 0.1) is 12.8 Å². The molecule has 1 saturated carbocycles. The number of carboxylic acid groups (broad SMARTS) is 1. The summed E-state index contributed by atoms with van der Waals surface area (Å²) in [6.45, 7) is 3.27. The molecule has 0 saturated heterocycles. The molecule has 1 aliphatic rings. The molecule has 1 amide bonds. The van der Waals surface area contributed by atoms with E-state index in [2.05, 4.69) is 0 Å². The van der Waals surface area contributed by atoms with Crippen molar-refractivity contribution in [3.8, 4) is 11.1 Å². The molecule has 0 heterocycles. The van der Waals surface area contributed by atoms with Crippen molar-refractivity contribution in [3.05, 3.63) is 59.2 Å². The van der Waals surface area contributed by atoms with E-state index >= 15 is 0 Å². The van der Waals surface area contributed by atoms with E-state index in [1.807, 2.05) is 55.6 Å². The number of aryl methyl sites for hydroxylation is 1. The molecule has 37 heavy (non-hydrogen) atoms. The van der Waals surface area contributed by atoms with Crippen molar-refractivity contribution in [1.29, 1.82) is 0 Å². The van der Waals surface area contributed by atoms with Crippen molar-refractivity contribution in [2.75, 3.05) is 25.7 Å². The molecule has 0 aliphatic heterocycles. The van der Waals surface area contributed by atoms with Crippen LogP contribution in [0.2, 0.25) is 0 Å². The SMILES string of the molecule is CSCCC(C(=O)O)N(C)C(=O)c1ccc(COCCCC2CCCCC2)cc1-c1ccccc1C.[LiH]. The second-order valence-electron chi connectivity index (χ2n) is 9.95. The summed E-state index contributed by atoms with van der Waals surface area (Å²) >= 11 is 1.58. The Hall–Kier alpha value is -1.71. The number of rotatable bonds is 13. The Balaban J connectivity index is 0.00000481. The van der Waals surface area contributed by atoms with Gasteiger partial charge in [0, 0.05) is 19.2 Å². The standard InChI is InChI=1S/C30H41NO4S.Li.H/c1-22-10-7-8-14-25(22)27-20-24(21-35-18-9-13-23-11-5-4-6-12-23)15-16-26(27)29(32)31(2)28(30(33)34)17-19-36-3;;/h7-8,10,14-16,20,23,28H,4-6,9,11-13,17-19,21H2,1-3H3,(H,33,34);;. The molecule has 3 rings (SSSR count). The summed E-state index contributed by atoms with van der Waals surface area (Å²) in [6.07, 6.45) is 11.5. The Morgan fingerprint density at radius 3 is 2.51 bits per heavy atom. The molecule has 1 fully saturated rings. The van der Waals surface area contributed by atoms with E-state index < -0.39 is 12.0 Å². The van der Waals surface area contributed by atoms with Crippen LogP contribution in [0.5, 0.6) is 0 Å². The van der Waals surface area contributed by atoms with Gasteiger partial charge in [0.05, 0.1) is 6.61 Å². The molecule has 2 aromatic rings. The zero-order chi connectivity index (χ0) is 25.9. The molecular weight excluding hydrogens is 477 g/mol. The Labute approximate surface area is 238 Å². The van der Waals surface area contributed by atoms with Crippen LogP contribution in [0.1, 0.15) is 72.9 Å². The third-order valence-electron chi connectivity index (χ3n) is 7.31. The fourth-order valence-electron chi connectivity index (χ4n) is 5.15. The zero-order valence-corrected chi connectivity index (χ0v) is 22.8. The second kappa shape index (κ2) is 16.3. The Bertz CT molecular complexity index is 1010. The monoisotopic (exact) mass is 519 g/mol. The van der Waals surface area contributed by atoms with Gasteiger partial charge in [-0.3, -0.25) is 4.79 Å². The number of carbonyl (C=O) groups excluding carboxylic acids is 1. The average molecular weight is 520 g/mol. The summed E-state index contributed by atoms with van der Waals surface area (Å²) in [5.74, 6) is 0.288. The van der Waals surface area contributed by atoms with E-state index in [9.17, 15) is 14.7 Å². The number of nitrogens with zero attached hydrogens (tertiary/aromatic N) is 1. The Morgan fingerprint density at radius 2 is 1.84 bits per heavy atom. The number of ether oxygens (including phenoxy) is 1. The summed E-state index contributed by atoms with van der Waals surface area (Å²) in [4.78, 5) is 26.8. The van der Waals surface area contributed by atoms with Gasteiger partial charge in [0.1, 0.15) is 6.04 Å². The molecule has 0 bridgehead atoms. The molecule has 1 atom stereocenters. The van der Waals surface area contributed by atoms with Crippen LogP contribution in [0.15, 0.2) is 42.5 Å². The van der Waals surface area contributed by atoms with E-state index in [0.717, 1.165) is 41.2 Å². The average Bonchev–Trinajstić information content (AvgIpc) is 2.89. The van der Waals surface area contributed by atoms with Crippen LogP contribution in [0.25, 0.3) is 11.1 Å². The molecule has 0 spiro atoms. The van der Waals surface area contributed by atoms with Crippen LogP contribution < -0.4 is 0 Å². The number of thioether (sulfide) groups is 1. The molecule has 0 aromatic heterocycles. The van der Waals surface area contributed by atoms with Crippen molar-refractivity contribution in [1.82, 2.24) is 4.90 Å². The van der Waals surface area contributed by atoms with Gasteiger partial charge >= 0.3 is 24.8 Å². The Morgan fingerprint density at radius 1 is 1.11 bits per heavy atom. The molecule has 7 heteroatoms. The fourth-order valence-corrected chi connectivity index (χ4v) is 5.61. The van der Waals surface area contributed by atoms with Crippen LogP contribution >= 0.6 is 11.8 Å². The summed E-state index contributed by atoms with van der Waals surface area (Å²) in [6, 6.07) is 12.9. The van der Waals surface area contributed by atoms with Crippen LogP contribution in [0.3, 0.4) is 0 Å². The number of hydrogen-bond acceptors (Lipinski definition) is 4. The van der Waals surface area contributed by atoms with Crippen molar-refractivity contribution in [3.63, 3.8) is 0 Å². The number of amides is 1. The van der Waals surface area contributed by atoms with Gasteiger partial charge < -0.3 is 14.7 Å². The van der Waals surface area contributed by atoms with Gasteiger partial charge in [-0.15, -0.1) is 0 Å². The number of likely N-dealkylation sites (N-methyl/N-ethyl adjacent to an activating group) is 1. The molecule has 1 unspecified atom stereocenters. The zero-order valence-electron chi connectivity index (χ0n) is 22.0. The van der Waals surface area contributed by atoms with Crippen molar-refractivity contribution < 1.29 is 19.4 Å². The first kappa shape index (κ1) is 31.5. The van der Waals surface area contributed by atoms with Gasteiger partial charge in [0.2, 0.25) is 0 Å². The van der Waals surface area contributed by atoms with Gasteiger partial charge in [-0.2, -0.15) is 11.8 Å². The second-order valence-corrected chi connectivity index (χ2v) is 10.9. The number of hydrogen-bond donors (Lipinski definition) is 1.